The zero-order valence-corrected chi connectivity index (χ0v) is 11.2. The predicted octanol–water partition coefficient (Wildman–Crippen LogP) is 2.48. The Hall–Kier alpha value is -0.450. The van der Waals surface area contributed by atoms with Gasteiger partial charge in [0.2, 0.25) is 0 Å². The number of ether oxygens (including phenoxy) is 1. The van der Waals surface area contributed by atoms with Gasteiger partial charge >= 0.3 is 0 Å². The van der Waals surface area contributed by atoms with E-state index in [1.54, 1.807) is 18.4 Å². The van der Waals surface area contributed by atoms with Gasteiger partial charge < -0.3 is 10.1 Å². The first-order valence-electron chi connectivity index (χ1n) is 5.96. The normalized spacial score (nSPS) is 14.9. The fraction of sp³-hybridized carbons (Fsp3) is 0.750. The molecule has 0 saturated carbocycles. The molecule has 1 aromatic heterocycles. The van der Waals surface area contributed by atoms with Gasteiger partial charge in [-0.1, -0.05) is 13.8 Å². The molecule has 1 rings (SSSR count). The van der Waals surface area contributed by atoms with Gasteiger partial charge in [-0.15, -0.1) is 11.3 Å². The average molecular weight is 242 g/mol. The highest BCUT2D eigenvalue weighted by Crippen LogP contribution is 2.12. The summed E-state index contributed by atoms with van der Waals surface area (Å²) in [6.07, 6.45) is 5.28. The largest absolute Gasteiger partial charge is 0.380 e. The molecule has 0 saturated heterocycles. The van der Waals surface area contributed by atoms with Gasteiger partial charge in [0.15, 0.2) is 0 Å². The number of hydrogen-bond donors (Lipinski definition) is 1. The molecule has 92 valence electrons. The standard InChI is InChI=1S/C12H22N2OS/c1-4-6-13-10(11(5-2)15-3)9-12-14-7-8-16-12/h7-8,10-11,13H,4-6,9H2,1-3H3. The van der Waals surface area contributed by atoms with Crippen LogP contribution in [0.2, 0.25) is 0 Å². The van der Waals surface area contributed by atoms with Crippen LogP contribution >= 0.6 is 11.3 Å². The van der Waals surface area contributed by atoms with Crippen molar-refractivity contribution >= 4 is 11.3 Å². The van der Waals surface area contributed by atoms with Crippen molar-refractivity contribution in [2.45, 2.75) is 45.3 Å². The number of aromatic nitrogens is 1. The zero-order chi connectivity index (χ0) is 11.8. The van der Waals surface area contributed by atoms with Gasteiger partial charge in [0, 0.05) is 31.1 Å². The molecule has 2 unspecified atom stereocenters. The number of rotatable bonds is 8. The summed E-state index contributed by atoms with van der Waals surface area (Å²) in [5.74, 6) is 0. The summed E-state index contributed by atoms with van der Waals surface area (Å²) in [6.45, 7) is 5.38. The second kappa shape index (κ2) is 7.76. The van der Waals surface area contributed by atoms with Gasteiger partial charge in [-0.25, -0.2) is 4.98 Å². The lowest BCUT2D eigenvalue weighted by atomic mass is 10.1. The second-order valence-electron chi connectivity index (χ2n) is 3.87. The van der Waals surface area contributed by atoms with Crippen molar-refractivity contribution < 1.29 is 4.74 Å². The summed E-state index contributed by atoms with van der Waals surface area (Å²) in [6, 6.07) is 0.376. The molecular formula is C12H22N2OS. The molecule has 2 atom stereocenters. The lowest BCUT2D eigenvalue weighted by molar-refractivity contribution is 0.0653. The van der Waals surface area contributed by atoms with E-state index in [0.717, 1.165) is 25.8 Å². The monoisotopic (exact) mass is 242 g/mol. The first-order valence-corrected chi connectivity index (χ1v) is 6.84. The maximum atomic E-state index is 5.52. The van der Waals surface area contributed by atoms with E-state index in [4.69, 9.17) is 4.74 Å². The van der Waals surface area contributed by atoms with E-state index in [2.05, 4.69) is 24.1 Å². The minimum Gasteiger partial charge on any atom is -0.380 e. The van der Waals surface area contributed by atoms with Gasteiger partial charge in [0.1, 0.15) is 0 Å². The molecule has 1 N–H and O–H groups in total. The van der Waals surface area contributed by atoms with Gasteiger partial charge in [-0.3, -0.25) is 0 Å². The van der Waals surface area contributed by atoms with Crippen molar-refractivity contribution in [1.82, 2.24) is 10.3 Å². The van der Waals surface area contributed by atoms with E-state index >= 15 is 0 Å². The van der Waals surface area contributed by atoms with Crippen LogP contribution in [0.25, 0.3) is 0 Å². The van der Waals surface area contributed by atoms with Gasteiger partial charge in [0.05, 0.1) is 11.1 Å². The first-order chi connectivity index (χ1) is 7.81. The van der Waals surface area contributed by atoms with Gasteiger partial charge in [-0.2, -0.15) is 0 Å². The van der Waals surface area contributed by atoms with E-state index < -0.39 is 0 Å². The fourth-order valence-electron chi connectivity index (χ4n) is 1.82. The molecule has 0 aliphatic rings. The van der Waals surface area contributed by atoms with E-state index in [9.17, 15) is 0 Å². The van der Waals surface area contributed by atoms with E-state index in [0.29, 0.717) is 6.04 Å². The molecule has 1 aromatic rings. The zero-order valence-electron chi connectivity index (χ0n) is 10.4. The highest BCUT2D eigenvalue weighted by atomic mass is 32.1. The van der Waals surface area contributed by atoms with E-state index in [-0.39, 0.29) is 6.10 Å². The van der Waals surface area contributed by atoms with Crippen LogP contribution in [0.3, 0.4) is 0 Å². The van der Waals surface area contributed by atoms with Crippen molar-refractivity contribution in [3.63, 3.8) is 0 Å². The first kappa shape index (κ1) is 13.6. The molecular weight excluding hydrogens is 220 g/mol. The quantitative estimate of drug-likeness (QED) is 0.760. The minimum atomic E-state index is 0.274. The third-order valence-corrected chi connectivity index (χ3v) is 3.49. The van der Waals surface area contributed by atoms with Crippen LogP contribution in [0, 0.1) is 0 Å². The van der Waals surface area contributed by atoms with Crippen LogP contribution < -0.4 is 5.32 Å². The van der Waals surface area contributed by atoms with Crippen molar-refractivity contribution in [3.05, 3.63) is 16.6 Å². The van der Waals surface area contributed by atoms with Crippen molar-refractivity contribution in [2.24, 2.45) is 0 Å². The lowest BCUT2D eigenvalue weighted by Crippen LogP contribution is -2.42. The molecule has 0 amide bonds. The minimum absolute atomic E-state index is 0.274. The third-order valence-electron chi connectivity index (χ3n) is 2.69. The van der Waals surface area contributed by atoms with Crippen LogP contribution in [0.15, 0.2) is 11.6 Å². The van der Waals surface area contributed by atoms with Gasteiger partial charge in [0.25, 0.3) is 0 Å². The van der Waals surface area contributed by atoms with E-state index in [1.807, 2.05) is 11.6 Å². The number of methoxy groups -OCH3 is 1. The summed E-state index contributed by atoms with van der Waals surface area (Å²) < 4.78 is 5.52. The van der Waals surface area contributed by atoms with Crippen LogP contribution in [-0.2, 0) is 11.2 Å². The molecule has 0 spiro atoms. The summed E-state index contributed by atoms with van der Waals surface area (Å²) >= 11 is 1.72. The van der Waals surface area contributed by atoms with Crippen LogP contribution in [0.4, 0.5) is 0 Å². The topological polar surface area (TPSA) is 34.2 Å². The SMILES string of the molecule is CCCNC(Cc1nccs1)C(CC)OC. The molecule has 0 fully saturated rings. The Balaban J connectivity index is 2.55. The van der Waals surface area contributed by atoms with Crippen molar-refractivity contribution in [2.75, 3.05) is 13.7 Å². The average Bonchev–Trinajstić information content (AvgIpc) is 2.80. The number of nitrogens with zero attached hydrogens (tertiary/aromatic N) is 1. The highest BCUT2D eigenvalue weighted by molar-refractivity contribution is 7.09. The number of nitrogens with one attached hydrogen (secondary N) is 1. The Labute approximate surface area is 102 Å². The van der Waals surface area contributed by atoms with Crippen molar-refractivity contribution in [3.8, 4) is 0 Å². The molecule has 0 bridgehead atoms. The molecule has 16 heavy (non-hydrogen) atoms. The summed E-state index contributed by atoms with van der Waals surface area (Å²) in [7, 11) is 1.79. The Morgan fingerprint density at radius 2 is 2.31 bits per heavy atom. The lowest BCUT2D eigenvalue weighted by Gasteiger charge is -2.25. The van der Waals surface area contributed by atoms with Crippen LogP contribution in [0.1, 0.15) is 31.7 Å². The van der Waals surface area contributed by atoms with Gasteiger partial charge in [-0.05, 0) is 19.4 Å². The molecule has 4 heteroatoms. The molecule has 0 aliphatic heterocycles. The van der Waals surface area contributed by atoms with Crippen LogP contribution in [0.5, 0.6) is 0 Å². The maximum absolute atomic E-state index is 5.52. The Morgan fingerprint density at radius 3 is 2.81 bits per heavy atom. The smallest absolute Gasteiger partial charge is 0.0941 e. The number of thiazole rings is 1. The fourth-order valence-corrected chi connectivity index (χ4v) is 2.50. The maximum Gasteiger partial charge on any atom is 0.0941 e. The summed E-state index contributed by atoms with van der Waals surface area (Å²) in [4.78, 5) is 4.34. The molecule has 0 aromatic carbocycles. The molecule has 1 heterocycles. The Kier molecular flexibility index (Phi) is 6.61. The highest BCUT2D eigenvalue weighted by Gasteiger charge is 2.20. The van der Waals surface area contributed by atoms with Crippen molar-refractivity contribution in [1.29, 1.82) is 0 Å². The van der Waals surface area contributed by atoms with Crippen LogP contribution in [-0.4, -0.2) is 30.8 Å². The number of hydrogen-bond acceptors (Lipinski definition) is 4. The third kappa shape index (κ3) is 4.20. The van der Waals surface area contributed by atoms with E-state index in [1.165, 1.54) is 5.01 Å². The summed E-state index contributed by atoms with van der Waals surface area (Å²) in [5.41, 5.74) is 0. The Bertz CT molecular complexity index is 260. The summed E-state index contributed by atoms with van der Waals surface area (Å²) in [5, 5.41) is 6.76. The molecule has 0 radical (unpaired) electrons. The predicted molar refractivity (Wildman–Crippen MR) is 69.0 cm³/mol. The second-order valence-corrected chi connectivity index (χ2v) is 4.85. The molecule has 0 aliphatic carbocycles. The molecule has 3 nitrogen and oxygen atoms in total. The Morgan fingerprint density at radius 1 is 1.50 bits per heavy atom.